The van der Waals surface area contributed by atoms with Crippen LogP contribution in [0.25, 0.3) is 0 Å². The molecule has 3 rings (SSSR count). The zero-order valence-electron chi connectivity index (χ0n) is 13.7. The summed E-state index contributed by atoms with van der Waals surface area (Å²) in [4.78, 5) is 27.8. The lowest BCUT2D eigenvalue weighted by atomic mass is 10.1. The van der Waals surface area contributed by atoms with Crippen LogP contribution in [0.4, 0.5) is 0 Å². The Kier molecular flexibility index (Phi) is 4.44. The molecule has 1 amide bonds. The number of hydrogen-bond donors (Lipinski definition) is 1. The molecule has 132 valence electrons. The van der Waals surface area contributed by atoms with Gasteiger partial charge in [-0.15, -0.1) is 0 Å². The summed E-state index contributed by atoms with van der Waals surface area (Å²) in [7, 11) is -3.81. The number of aromatic nitrogens is 2. The summed E-state index contributed by atoms with van der Waals surface area (Å²) in [5.41, 5.74) is 6.24. The van der Waals surface area contributed by atoms with Crippen molar-refractivity contribution in [2.24, 2.45) is 5.73 Å². The highest BCUT2D eigenvalue weighted by Gasteiger charge is 2.30. The number of primary amides is 1. The lowest BCUT2D eigenvalue weighted by molar-refractivity contribution is 0.1000. The molecule has 1 aromatic heterocycles. The van der Waals surface area contributed by atoms with Gasteiger partial charge < -0.3 is 5.73 Å². The Labute approximate surface area is 145 Å². The molecule has 0 saturated heterocycles. The van der Waals surface area contributed by atoms with Crippen LogP contribution < -0.4 is 11.3 Å². The number of benzene rings is 1. The van der Waals surface area contributed by atoms with Crippen LogP contribution in [0.1, 0.15) is 28.5 Å². The monoisotopic (exact) mass is 362 g/mol. The predicted molar refractivity (Wildman–Crippen MR) is 90.4 cm³/mol. The number of aryl methyl sites for hydroxylation is 1. The maximum atomic E-state index is 12.8. The highest BCUT2D eigenvalue weighted by atomic mass is 32.2. The SMILES string of the molecule is CCn1cnc2c(c1=O)CCN(S(=O)(=O)c1cccc(C(N)=O)c1)C2. The quantitative estimate of drug-likeness (QED) is 0.829. The van der Waals surface area contributed by atoms with Gasteiger partial charge in [-0.05, 0) is 31.5 Å². The van der Waals surface area contributed by atoms with Crippen molar-refractivity contribution in [2.45, 2.75) is 31.3 Å². The fourth-order valence-corrected chi connectivity index (χ4v) is 4.27. The van der Waals surface area contributed by atoms with Gasteiger partial charge in [0.15, 0.2) is 0 Å². The Morgan fingerprint density at radius 2 is 2.12 bits per heavy atom. The molecule has 0 aliphatic carbocycles. The van der Waals surface area contributed by atoms with Gasteiger partial charge >= 0.3 is 0 Å². The molecule has 25 heavy (non-hydrogen) atoms. The average Bonchev–Trinajstić information content (AvgIpc) is 2.62. The summed E-state index contributed by atoms with van der Waals surface area (Å²) in [5, 5.41) is 0. The van der Waals surface area contributed by atoms with Crippen molar-refractivity contribution in [3.63, 3.8) is 0 Å². The Balaban J connectivity index is 1.96. The van der Waals surface area contributed by atoms with Crippen LogP contribution in [0, 0.1) is 0 Å². The van der Waals surface area contributed by atoms with Crippen molar-refractivity contribution in [1.29, 1.82) is 0 Å². The number of sulfonamides is 1. The van der Waals surface area contributed by atoms with E-state index in [4.69, 9.17) is 5.73 Å². The lowest BCUT2D eigenvalue weighted by Gasteiger charge is -2.27. The second-order valence-electron chi connectivity index (χ2n) is 5.74. The minimum Gasteiger partial charge on any atom is -0.366 e. The molecule has 0 atom stereocenters. The summed E-state index contributed by atoms with van der Waals surface area (Å²) in [6, 6.07) is 5.61. The van der Waals surface area contributed by atoms with E-state index in [9.17, 15) is 18.0 Å². The van der Waals surface area contributed by atoms with Crippen LogP contribution in [-0.4, -0.2) is 34.7 Å². The molecule has 1 aliphatic rings. The second kappa shape index (κ2) is 6.41. The molecular formula is C16H18N4O4S. The molecular weight excluding hydrogens is 344 g/mol. The van der Waals surface area contributed by atoms with Crippen molar-refractivity contribution < 1.29 is 13.2 Å². The molecule has 0 unspecified atom stereocenters. The standard InChI is InChI=1S/C16H18N4O4S/c1-2-19-10-18-14-9-20(7-6-13(14)16(19)22)25(23,24)12-5-3-4-11(8-12)15(17)21/h3-5,8,10H,2,6-7,9H2,1H3,(H2,17,21). The molecule has 0 fully saturated rings. The van der Waals surface area contributed by atoms with E-state index in [2.05, 4.69) is 4.98 Å². The van der Waals surface area contributed by atoms with Gasteiger partial charge in [-0.25, -0.2) is 13.4 Å². The second-order valence-corrected chi connectivity index (χ2v) is 7.68. The van der Waals surface area contributed by atoms with Crippen molar-refractivity contribution in [2.75, 3.05) is 6.54 Å². The van der Waals surface area contributed by atoms with Crippen molar-refractivity contribution in [3.05, 3.63) is 57.8 Å². The number of carbonyl (C=O) groups excluding carboxylic acids is 1. The molecule has 9 heteroatoms. The number of nitrogens with two attached hydrogens (primary N) is 1. The Bertz CT molecular complexity index is 997. The molecule has 0 bridgehead atoms. The predicted octanol–water partition coefficient (Wildman–Crippen LogP) is 0.109. The topological polar surface area (TPSA) is 115 Å². The van der Waals surface area contributed by atoms with Crippen LogP contribution in [0.2, 0.25) is 0 Å². The summed E-state index contributed by atoms with van der Waals surface area (Å²) in [5.74, 6) is -0.692. The third-order valence-electron chi connectivity index (χ3n) is 4.25. The fourth-order valence-electron chi connectivity index (χ4n) is 2.83. The summed E-state index contributed by atoms with van der Waals surface area (Å²) >= 11 is 0. The number of rotatable bonds is 4. The molecule has 8 nitrogen and oxygen atoms in total. The van der Waals surface area contributed by atoms with Crippen LogP contribution in [0.5, 0.6) is 0 Å². The van der Waals surface area contributed by atoms with Crippen molar-refractivity contribution in [1.82, 2.24) is 13.9 Å². The maximum Gasteiger partial charge on any atom is 0.256 e. The largest absolute Gasteiger partial charge is 0.366 e. The molecule has 0 radical (unpaired) electrons. The summed E-state index contributed by atoms with van der Waals surface area (Å²) in [6.45, 7) is 2.57. The van der Waals surface area contributed by atoms with E-state index in [0.717, 1.165) is 0 Å². The highest BCUT2D eigenvalue weighted by molar-refractivity contribution is 7.89. The fraction of sp³-hybridized carbons (Fsp3) is 0.312. The van der Waals surface area contributed by atoms with Crippen LogP contribution in [-0.2, 0) is 29.5 Å². The van der Waals surface area contributed by atoms with E-state index in [0.29, 0.717) is 24.2 Å². The first-order valence-electron chi connectivity index (χ1n) is 7.81. The zero-order valence-corrected chi connectivity index (χ0v) is 14.5. The van der Waals surface area contributed by atoms with Gasteiger partial charge in [0.1, 0.15) is 0 Å². The van der Waals surface area contributed by atoms with Crippen molar-refractivity contribution in [3.8, 4) is 0 Å². The van der Waals surface area contributed by atoms with Gasteiger partial charge in [-0.2, -0.15) is 4.31 Å². The first-order chi connectivity index (χ1) is 11.8. The zero-order chi connectivity index (χ0) is 18.2. The van der Waals surface area contributed by atoms with Gasteiger partial charge in [0.05, 0.1) is 23.5 Å². The van der Waals surface area contributed by atoms with E-state index >= 15 is 0 Å². The number of fused-ring (bicyclic) bond motifs is 1. The van der Waals surface area contributed by atoms with E-state index in [1.54, 1.807) is 0 Å². The van der Waals surface area contributed by atoms with Crippen LogP contribution >= 0.6 is 0 Å². The maximum absolute atomic E-state index is 12.8. The van der Waals surface area contributed by atoms with Gasteiger partial charge in [-0.1, -0.05) is 6.07 Å². The van der Waals surface area contributed by atoms with Gasteiger partial charge in [0.2, 0.25) is 15.9 Å². The summed E-state index contributed by atoms with van der Waals surface area (Å²) in [6.07, 6.45) is 1.74. The number of amides is 1. The third-order valence-corrected chi connectivity index (χ3v) is 6.10. The average molecular weight is 362 g/mol. The first kappa shape index (κ1) is 17.3. The van der Waals surface area contributed by atoms with Gasteiger partial charge in [-0.3, -0.25) is 14.2 Å². The Morgan fingerprint density at radius 1 is 1.36 bits per heavy atom. The van der Waals surface area contributed by atoms with E-state index < -0.39 is 15.9 Å². The Hall–Kier alpha value is -2.52. The van der Waals surface area contributed by atoms with E-state index in [-0.39, 0.29) is 29.1 Å². The van der Waals surface area contributed by atoms with Crippen LogP contribution in [0.15, 0.2) is 40.3 Å². The number of hydrogen-bond acceptors (Lipinski definition) is 5. The molecule has 0 saturated carbocycles. The van der Waals surface area contributed by atoms with E-state index in [1.165, 1.54) is 39.5 Å². The summed E-state index contributed by atoms with van der Waals surface area (Å²) < 4.78 is 28.4. The number of nitrogens with zero attached hydrogens (tertiary/aromatic N) is 3. The molecule has 0 spiro atoms. The van der Waals surface area contributed by atoms with Crippen LogP contribution in [0.3, 0.4) is 0 Å². The lowest BCUT2D eigenvalue weighted by Crippen LogP contribution is -2.40. The molecule has 2 aromatic rings. The smallest absolute Gasteiger partial charge is 0.256 e. The van der Waals surface area contributed by atoms with Gasteiger partial charge in [0, 0.05) is 24.2 Å². The molecule has 1 aliphatic heterocycles. The molecule has 2 heterocycles. The van der Waals surface area contributed by atoms with Crippen molar-refractivity contribution >= 4 is 15.9 Å². The first-order valence-corrected chi connectivity index (χ1v) is 9.25. The third kappa shape index (κ3) is 3.08. The molecule has 1 aromatic carbocycles. The number of carbonyl (C=O) groups is 1. The minimum atomic E-state index is -3.81. The van der Waals surface area contributed by atoms with Gasteiger partial charge in [0.25, 0.3) is 5.56 Å². The normalized spacial score (nSPS) is 14.9. The Morgan fingerprint density at radius 3 is 2.80 bits per heavy atom. The minimum absolute atomic E-state index is 0.00542. The molecule has 2 N–H and O–H groups in total. The van der Waals surface area contributed by atoms with E-state index in [1.807, 2.05) is 6.92 Å². The highest BCUT2D eigenvalue weighted by Crippen LogP contribution is 2.23.